The standard InChI is InChI=1S/C22H18N2S.CH4/c25-21-16-24(17-23-21)22(18-10-4-1-5-11-18,19-12-6-2-7-13-19)20-14-8-3-9-15-20;/h1-17,25H;1H4. The van der Waals surface area contributed by atoms with Gasteiger partial charge < -0.3 is 4.57 Å². The first-order valence-electron chi connectivity index (χ1n) is 8.22. The molecule has 1 aromatic heterocycles. The first-order chi connectivity index (χ1) is 12.3. The highest BCUT2D eigenvalue weighted by atomic mass is 32.1. The van der Waals surface area contributed by atoms with E-state index in [-0.39, 0.29) is 7.43 Å². The van der Waals surface area contributed by atoms with Gasteiger partial charge in [-0.15, -0.1) is 12.6 Å². The van der Waals surface area contributed by atoms with Gasteiger partial charge in [-0.2, -0.15) is 0 Å². The highest BCUT2D eigenvalue weighted by Crippen LogP contribution is 2.40. The van der Waals surface area contributed by atoms with E-state index in [2.05, 4.69) is 95.0 Å². The number of thiol groups is 1. The lowest BCUT2D eigenvalue weighted by atomic mass is 9.77. The molecule has 0 radical (unpaired) electrons. The van der Waals surface area contributed by atoms with Crippen LogP contribution in [0.3, 0.4) is 0 Å². The monoisotopic (exact) mass is 358 g/mol. The minimum atomic E-state index is -0.502. The predicted molar refractivity (Wildman–Crippen MR) is 111 cm³/mol. The molecule has 1 heterocycles. The summed E-state index contributed by atoms with van der Waals surface area (Å²) in [5.74, 6) is 0. The third-order valence-electron chi connectivity index (χ3n) is 4.53. The van der Waals surface area contributed by atoms with E-state index in [1.165, 1.54) is 16.7 Å². The lowest BCUT2D eigenvalue weighted by Gasteiger charge is -2.37. The molecule has 0 aliphatic heterocycles. The number of rotatable bonds is 4. The highest BCUT2D eigenvalue weighted by molar-refractivity contribution is 7.80. The van der Waals surface area contributed by atoms with E-state index in [0.29, 0.717) is 5.03 Å². The van der Waals surface area contributed by atoms with Gasteiger partial charge in [-0.05, 0) is 16.7 Å². The van der Waals surface area contributed by atoms with Crippen molar-refractivity contribution in [2.24, 2.45) is 0 Å². The lowest BCUT2D eigenvalue weighted by molar-refractivity contribution is 0.514. The molecule has 0 aliphatic carbocycles. The van der Waals surface area contributed by atoms with Gasteiger partial charge in [-0.3, -0.25) is 0 Å². The number of imidazole rings is 1. The zero-order valence-corrected chi connectivity index (χ0v) is 14.6. The lowest BCUT2D eigenvalue weighted by Crippen LogP contribution is -2.36. The zero-order valence-electron chi connectivity index (χ0n) is 13.7. The number of hydrogen-bond donors (Lipinski definition) is 1. The normalized spacial score (nSPS) is 11.0. The molecule has 4 aromatic rings. The largest absolute Gasteiger partial charge is 0.318 e. The van der Waals surface area contributed by atoms with Gasteiger partial charge >= 0.3 is 0 Å². The van der Waals surface area contributed by atoms with Crippen LogP contribution >= 0.6 is 12.6 Å². The second-order valence-electron chi connectivity index (χ2n) is 5.95. The second kappa shape index (κ2) is 7.63. The Labute approximate surface area is 160 Å². The Morgan fingerprint density at radius 3 is 1.35 bits per heavy atom. The van der Waals surface area contributed by atoms with Crippen molar-refractivity contribution in [3.63, 3.8) is 0 Å². The molecule has 0 spiro atoms. The molecular weight excluding hydrogens is 336 g/mol. The van der Waals surface area contributed by atoms with Gasteiger partial charge in [0.1, 0.15) is 10.6 Å². The summed E-state index contributed by atoms with van der Waals surface area (Å²) >= 11 is 4.44. The molecule has 0 amide bonds. The fourth-order valence-corrected chi connectivity index (χ4v) is 3.66. The Morgan fingerprint density at radius 1 is 0.654 bits per heavy atom. The Hall–Kier alpha value is -2.78. The van der Waals surface area contributed by atoms with Crippen LogP contribution in [0.2, 0.25) is 0 Å². The molecule has 0 N–H and O–H groups in total. The van der Waals surface area contributed by atoms with E-state index in [4.69, 9.17) is 0 Å². The van der Waals surface area contributed by atoms with Crippen molar-refractivity contribution >= 4 is 12.6 Å². The topological polar surface area (TPSA) is 17.8 Å². The maximum absolute atomic E-state index is 4.44. The maximum atomic E-state index is 4.44. The zero-order chi connectivity index (χ0) is 17.1. The number of benzene rings is 3. The van der Waals surface area contributed by atoms with Crippen molar-refractivity contribution in [1.29, 1.82) is 0 Å². The summed E-state index contributed by atoms with van der Waals surface area (Å²) in [6.07, 6.45) is 3.84. The molecule has 130 valence electrons. The van der Waals surface area contributed by atoms with Gasteiger partial charge in [0.25, 0.3) is 0 Å². The molecule has 3 aromatic carbocycles. The summed E-state index contributed by atoms with van der Waals surface area (Å²) in [5, 5.41) is 0.701. The summed E-state index contributed by atoms with van der Waals surface area (Å²) in [7, 11) is 0. The third-order valence-corrected chi connectivity index (χ3v) is 4.76. The van der Waals surface area contributed by atoms with Crippen molar-refractivity contribution < 1.29 is 0 Å². The molecule has 0 bridgehead atoms. The number of nitrogens with zero attached hydrogens (tertiary/aromatic N) is 2. The molecule has 0 aliphatic rings. The van der Waals surface area contributed by atoms with Crippen molar-refractivity contribution in [2.75, 3.05) is 0 Å². The van der Waals surface area contributed by atoms with Crippen molar-refractivity contribution in [3.05, 3.63) is 120 Å². The van der Waals surface area contributed by atoms with Crippen LogP contribution in [0.1, 0.15) is 24.1 Å². The van der Waals surface area contributed by atoms with Gasteiger partial charge in [-0.25, -0.2) is 4.98 Å². The van der Waals surface area contributed by atoms with E-state index in [1.54, 1.807) is 0 Å². The van der Waals surface area contributed by atoms with Gasteiger partial charge in [0, 0.05) is 6.20 Å². The average molecular weight is 359 g/mol. The minimum absolute atomic E-state index is 0. The fraction of sp³-hybridized carbons (Fsp3) is 0.0870. The van der Waals surface area contributed by atoms with Crippen molar-refractivity contribution in [2.45, 2.75) is 18.0 Å². The molecule has 0 fully saturated rings. The molecule has 4 rings (SSSR count). The van der Waals surface area contributed by atoms with Gasteiger partial charge in [0.05, 0.1) is 6.33 Å². The Morgan fingerprint density at radius 2 is 1.04 bits per heavy atom. The molecule has 0 saturated carbocycles. The van der Waals surface area contributed by atoms with Crippen LogP contribution < -0.4 is 0 Å². The van der Waals surface area contributed by atoms with Gasteiger partial charge in [-0.1, -0.05) is 98.4 Å². The van der Waals surface area contributed by atoms with Gasteiger partial charge in [0.2, 0.25) is 0 Å². The highest BCUT2D eigenvalue weighted by Gasteiger charge is 2.38. The predicted octanol–water partition coefficient (Wildman–Crippen LogP) is 5.65. The van der Waals surface area contributed by atoms with E-state index in [9.17, 15) is 0 Å². The smallest absolute Gasteiger partial charge is 0.121 e. The van der Waals surface area contributed by atoms with Crippen LogP contribution in [-0.2, 0) is 5.54 Å². The van der Waals surface area contributed by atoms with Crippen LogP contribution in [0.15, 0.2) is 109 Å². The van der Waals surface area contributed by atoms with Crippen LogP contribution in [0.4, 0.5) is 0 Å². The van der Waals surface area contributed by atoms with Crippen LogP contribution in [-0.4, -0.2) is 9.55 Å². The molecular formula is C23H22N2S. The van der Waals surface area contributed by atoms with E-state index >= 15 is 0 Å². The van der Waals surface area contributed by atoms with E-state index < -0.39 is 5.54 Å². The molecule has 0 atom stereocenters. The summed E-state index contributed by atoms with van der Waals surface area (Å²) in [5.41, 5.74) is 3.03. The molecule has 2 nitrogen and oxygen atoms in total. The molecule has 0 unspecified atom stereocenters. The van der Waals surface area contributed by atoms with Gasteiger partial charge in [0.15, 0.2) is 0 Å². The van der Waals surface area contributed by atoms with Crippen molar-refractivity contribution in [1.82, 2.24) is 9.55 Å². The summed E-state index contributed by atoms with van der Waals surface area (Å²) in [6, 6.07) is 31.6. The van der Waals surface area contributed by atoms with E-state index in [1.807, 2.05) is 30.7 Å². The first-order valence-corrected chi connectivity index (χ1v) is 8.66. The van der Waals surface area contributed by atoms with Crippen LogP contribution in [0, 0.1) is 0 Å². The molecule has 26 heavy (non-hydrogen) atoms. The fourth-order valence-electron chi connectivity index (χ4n) is 3.48. The second-order valence-corrected chi connectivity index (χ2v) is 6.41. The van der Waals surface area contributed by atoms with E-state index in [0.717, 1.165) is 0 Å². The Bertz CT molecular complexity index is 851. The average Bonchev–Trinajstić information content (AvgIpc) is 3.12. The first kappa shape index (κ1) is 18.0. The molecule has 0 saturated heterocycles. The third kappa shape index (κ3) is 2.95. The summed E-state index contributed by atoms with van der Waals surface area (Å²) in [6.45, 7) is 0. The van der Waals surface area contributed by atoms with Crippen LogP contribution in [0.5, 0.6) is 0 Å². The quantitative estimate of drug-likeness (QED) is 0.369. The number of hydrogen-bond acceptors (Lipinski definition) is 2. The summed E-state index contributed by atoms with van der Waals surface area (Å²) < 4.78 is 2.15. The minimum Gasteiger partial charge on any atom is -0.318 e. The summed E-state index contributed by atoms with van der Waals surface area (Å²) in [4.78, 5) is 4.39. The Kier molecular flexibility index (Phi) is 5.29. The Balaban J connectivity index is 0.00000196. The maximum Gasteiger partial charge on any atom is 0.121 e. The number of aromatic nitrogens is 2. The van der Waals surface area contributed by atoms with Crippen molar-refractivity contribution in [3.8, 4) is 0 Å². The molecule has 3 heteroatoms. The van der Waals surface area contributed by atoms with Crippen LogP contribution in [0.25, 0.3) is 0 Å². The SMILES string of the molecule is C.Sc1cn(C(c2ccccc2)(c2ccccc2)c2ccccc2)cn1.